The van der Waals surface area contributed by atoms with Gasteiger partial charge < -0.3 is 5.32 Å². The number of thiophene rings is 1. The molecule has 2 unspecified atom stereocenters. The summed E-state index contributed by atoms with van der Waals surface area (Å²) in [6.07, 6.45) is 0. The van der Waals surface area contributed by atoms with E-state index in [9.17, 15) is 29.3 Å². The quantitative estimate of drug-likeness (QED) is 0.196. The lowest BCUT2D eigenvalue weighted by Crippen LogP contribution is -2.32. The Kier molecular flexibility index (Phi) is 6.64. The van der Waals surface area contributed by atoms with Gasteiger partial charge in [0.25, 0.3) is 5.69 Å². The number of carbonyl (C=O) groups excluding carboxylic acids is 3. The van der Waals surface area contributed by atoms with Crippen LogP contribution >= 0.6 is 34.4 Å². The highest BCUT2D eigenvalue weighted by atomic mass is 32.2. The minimum absolute atomic E-state index is 0.152. The number of hydrogen-bond acceptors (Lipinski definition) is 9. The molecule has 0 saturated carbocycles. The summed E-state index contributed by atoms with van der Waals surface area (Å²) in [4.78, 5) is 66.3. The van der Waals surface area contributed by atoms with Gasteiger partial charge in [-0.15, -0.1) is 11.3 Å². The zero-order valence-corrected chi connectivity index (χ0v) is 23.3. The first-order chi connectivity index (χ1) is 19.2. The van der Waals surface area contributed by atoms with Crippen LogP contribution in [0.1, 0.15) is 21.2 Å². The van der Waals surface area contributed by atoms with E-state index in [2.05, 4.69) is 5.32 Å². The third-order valence-corrected chi connectivity index (χ3v) is 10.4. The summed E-state index contributed by atoms with van der Waals surface area (Å²) >= 11 is 3.54. The number of nitro groups is 1. The van der Waals surface area contributed by atoms with Crippen LogP contribution in [0.4, 0.5) is 17.1 Å². The van der Waals surface area contributed by atoms with Crippen molar-refractivity contribution in [1.29, 1.82) is 0 Å². The molecular formula is C27H20N4O6S3. The molecule has 3 atom stereocenters. The molecule has 2 aromatic carbocycles. The lowest BCUT2D eigenvalue weighted by molar-refractivity contribution is -0.384. The number of imide groups is 1. The number of benzene rings is 2. The number of fused-ring (bicyclic) bond motifs is 2. The standard InChI is InChI=1S/C27H20N4O6S3/c1-14-4-6-15(7-5-14)28-19(32)13-29-26-23(40-27(29)35)20(18-3-2-12-38-18)21-22(39-26)25(34)30(24(21)33)16-8-10-17(11-9-16)31(36)37/h2-12,20-22H,13H2,1H3,(H,28,32)/t20-,21?,22?/m0/s1. The van der Waals surface area contributed by atoms with Crippen LogP contribution in [0.25, 0.3) is 0 Å². The first kappa shape index (κ1) is 26.2. The van der Waals surface area contributed by atoms with E-state index in [0.29, 0.717) is 15.6 Å². The number of rotatable bonds is 6. The van der Waals surface area contributed by atoms with E-state index in [1.54, 1.807) is 12.1 Å². The molecule has 40 heavy (non-hydrogen) atoms. The molecule has 13 heteroatoms. The molecule has 10 nitrogen and oxygen atoms in total. The van der Waals surface area contributed by atoms with Crippen LogP contribution in [0.3, 0.4) is 0 Å². The Morgan fingerprint density at radius 1 is 1.02 bits per heavy atom. The number of thioether (sulfide) groups is 1. The smallest absolute Gasteiger partial charge is 0.308 e. The zero-order chi connectivity index (χ0) is 28.1. The predicted octanol–water partition coefficient (Wildman–Crippen LogP) is 4.62. The Labute approximate surface area is 239 Å². The van der Waals surface area contributed by atoms with E-state index in [4.69, 9.17) is 0 Å². The van der Waals surface area contributed by atoms with Crippen molar-refractivity contribution in [3.8, 4) is 0 Å². The third kappa shape index (κ3) is 4.45. The molecule has 202 valence electrons. The monoisotopic (exact) mass is 592 g/mol. The van der Waals surface area contributed by atoms with Crippen LogP contribution < -0.4 is 15.1 Å². The van der Waals surface area contributed by atoms with Gasteiger partial charge in [-0.2, -0.15) is 0 Å². The van der Waals surface area contributed by atoms with Crippen molar-refractivity contribution < 1.29 is 19.3 Å². The van der Waals surface area contributed by atoms with E-state index in [0.717, 1.165) is 38.4 Å². The van der Waals surface area contributed by atoms with E-state index < -0.39 is 33.8 Å². The first-order valence-corrected chi connectivity index (χ1v) is 14.7. The van der Waals surface area contributed by atoms with Gasteiger partial charge >= 0.3 is 4.87 Å². The maximum absolute atomic E-state index is 13.8. The van der Waals surface area contributed by atoms with Gasteiger partial charge in [0.1, 0.15) is 11.8 Å². The van der Waals surface area contributed by atoms with Gasteiger partial charge in [-0.3, -0.25) is 33.9 Å². The van der Waals surface area contributed by atoms with E-state index >= 15 is 0 Å². The molecule has 0 spiro atoms. The summed E-state index contributed by atoms with van der Waals surface area (Å²) in [7, 11) is 0. The number of carbonyl (C=O) groups is 3. The van der Waals surface area contributed by atoms with Gasteiger partial charge in [0.2, 0.25) is 17.7 Å². The second-order valence-electron chi connectivity index (χ2n) is 9.38. The van der Waals surface area contributed by atoms with Crippen molar-refractivity contribution >= 4 is 69.2 Å². The van der Waals surface area contributed by atoms with Crippen molar-refractivity contribution in [3.63, 3.8) is 0 Å². The highest BCUT2D eigenvalue weighted by Gasteiger charge is 2.57. The van der Waals surface area contributed by atoms with Gasteiger partial charge in [0, 0.05) is 33.5 Å². The van der Waals surface area contributed by atoms with Crippen LogP contribution in [-0.4, -0.2) is 32.5 Å². The van der Waals surface area contributed by atoms with Gasteiger partial charge in [-0.1, -0.05) is 46.9 Å². The molecule has 1 fully saturated rings. The molecule has 0 bridgehead atoms. The summed E-state index contributed by atoms with van der Waals surface area (Å²) in [5, 5.41) is 15.4. The normalized spacial score (nSPS) is 19.8. The van der Waals surface area contributed by atoms with Crippen LogP contribution in [-0.2, 0) is 20.9 Å². The SMILES string of the molecule is Cc1ccc(NC(=O)Cn2c3c(sc2=O)[C@@H](c2cccs2)C2C(=O)N(c4ccc([N+](=O)[O-])cc4)C(=O)C2S3)cc1. The van der Waals surface area contributed by atoms with Gasteiger partial charge in [-0.05, 0) is 42.6 Å². The van der Waals surface area contributed by atoms with Crippen LogP contribution in [0.15, 0.2) is 75.9 Å². The number of aryl methyl sites for hydroxylation is 1. The number of thiazole rings is 1. The maximum Gasteiger partial charge on any atom is 0.308 e. The van der Waals surface area contributed by atoms with E-state index in [1.165, 1.54) is 40.2 Å². The highest BCUT2D eigenvalue weighted by molar-refractivity contribution is 8.00. The number of non-ortho nitro benzene ring substituents is 1. The summed E-state index contributed by atoms with van der Waals surface area (Å²) in [6.45, 7) is 1.70. The first-order valence-electron chi connectivity index (χ1n) is 12.2. The Morgan fingerprint density at radius 3 is 2.40 bits per heavy atom. The van der Waals surface area contributed by atoms with Gasteiger partial charge in [0.15, 0.2) is 0 Å². The Morgan fingerprint density at radius 2 is 1.75 bits per heavy atom. The van der Waals surface area contributed by atoms with Gasteiger partial charge in [0.05, 0.1) is 21.6 Å². The lowest BCUT2D eigenvalue weighted by atomic mass is 9.87. The fourth-order valence-electron chi connectivity index (χ4n) is 4.99. The minimum atomic E-state index is -0.831. The molecule has 0 aliphatic carbocycles. The average Bonchev–Trinajstić information content (AvgIpc) is 3.63. The fraction of sp³-hybridized carbons (Fsp3) is 0.185. The van der Waals surface area contributed by atoms with E-state index in [-0.39, 0.29) is 28.7 Å². The molecule has 4 heterocycles. The number of nitrogens with zero attached hydrogens (tertiary/aromatic N) is 3. The largest absolute Gasteiger partial charge is 0.325 e. The average molecular weight is 593 g/mol. The number of nitro benzene ring substituents is 1. The summed E-state index contributed by atoms with van der Waals surface area (Å²) in [5.41, 5.74) is 1.75. The molecule has 1 saturated heterocycles. The van der Waals surface area contributed by atoms with Crippen LogP contribution in [0, 0.1) is 23.0 Å². The molecule has 2 aliphatic rings. The number of aromatic nitrogens is 1. The molecule has 0 radical (unpaired) electrons. The Balaban J connectivity index is 1.36. The molecule has 3 amide bonds. The topological polar surface area (TPSA) is 132 Å². The summed E-state index contributed by atoms with van der Waals surface area (Å²) in [5.74, 6) is -2.59. The highest BCUT2D eigenvalue weighted by Crippen LogP contribution is 2.54. The number of anilines is 2. The molecule has 2 aromatic heterocycles. The fourth-order valence-corrected chi connectivity index (χ4v) is 8.71. The molecular weight excluding hydrogens is 573 g/mol. The van der Waals surface area contributed by atoms with Crippen LogP contribution in [0.5, 0.6) is 0 Å². The van der Waals surface area contributed by atoms with Crippen molar-refractivity contribution in [2.24, 2.45) is 5.92 Å². The van der Waals surface area contributed by atoms with Crippen molar-refractivity contribution in [1.82, 2.24) is 4.57 Å². The second kappa shape index (κ2) is 10.2. The second-order valence-corrected chi connectivity index (χ2v) is 12.5. The predicted molar refractivity (Wildman–Crippen MR) is 153 cm³/mol. The summed E-state index contributed by atoms with van der Waals surface area (Å²) in [6, 6.07) is 16.3. The molecule has 4 aromatic rings. The van der Waals surface area contributed by atoms with Crippen molar-refractivity contribution in [2.75, 3.05) is 10.2 Å². The molecule has 2 aliphatic heterocycles. The number of nitrogens with one attached hydrogen (secondary N) is 1. The number of hydrogen-bond donors (Lipinski definition) is 1. The van der Waals surface area contributed by atoms with Crippen molar-refractivity contribution in [3.05, 3.63) is 101 Å². The Hall–Kier alpha value is -4.07. The number of amides is 3. The third-order valence-electron chi connectivity index (χ3n) is 6.85. The van der Waals surface area contributed by atoms with Gasteiger partial charge in [-0.25, -0.2) is 4.90 Å². The van der Waals surface area contributed by atoms with Crippen LogP contribution in [0.2, 0.25) is 0 Å². The summed E-state index contributed by atoms with van der Waals surface area (Å²) < 4.78 is 1.37. The molecule has 6 rings (SSSR count). The zero-order valence-electron chi connectivity index (χ0n) is 20.8. The van der Waals surface area contributed by atoms with Crippen molar-refractivity contribution in [2.45, 2.75) is 29.7 Å². The minimum Gasteiger partial charge on any atom is -0.325 e. The lowest BCUT2D eigenvalue weighted by Gasteiger charge is -2.29. The maximum atomic E-state index is 13.8. The Bertz CT molecular complexity index is 1710. The van der Waals surface area contributed by atoms with E-state index in [1.807, 2.05) is 36.6 Å². The molecule has 1 N–H and O–H groups in total.